The zero-order valence-corrected chi connectivity index (χ0v) is 14.7. The number of nitrogens with one attached hydrogen (secondary N) is 1. The minimum Gasteiger partial charge on any atom is -0.306 e. The maximum absolute atomic E-state index is 3.64. The molecular formula is C14H15BrINS. The van der Waals surface area contributed by atoms with Crippen molar-refractivity contribution in [2.24, 2.45) is 0 Å². The van der Waals surface area contributed by atoms with Gasteiger partial charge in [-0.1, -0.05) is 28.9 Å². The lowest BCUT2D eigenvalue weighted by Gasteiger charge is -2.19. The molecule has 0 amide bonds. The predicted octanol–water partition coefficient (Wildman–Crippen LogP) is 5.20. The molecule has 2 rings (SSSR count). The van der Waals surface area contributed by atoms with Crippen LogP contribution >= 0.6 is 49.9 Å². The zero-order valence-electron chi connectivity index (χ0n) is 10.1. The van der Waals surface area contributed by atoms with Crippen LogP contribution in [0.15, 0.2) is 40.2 Å². The van der Waals surface area contributed by atoms with Gasteiger partial charge in [0.15, 0.2) is 0 Å². The van der Waals surface area contributed by atoms with Crippen LogP contribution in [0.1, 0.15) is 29.8 Å². The van der Waals surface area contributed by atoms with Crippen molar-refractivity contribution in [1.29, 1.82) is 0 Å². The third-order valence-corrected chi connectivity index (χ3v) is 5.11. The van der Waals surface area contributed by atoms with Gasteiger partial charge >= 0.3 is 0 Å². The molecule has 18 heavy (non-hydrogen) atoms. The smallest absolute Gasteiger partial charge is 0.0681 e. The van der Waals surface area contributed by atoms with E-state index in [0.717, 1.165) is 17.4 Å². The zero-order chi connectivity index (χ0) is 13.0. The molecule has 0 bridgehead atoms. The SMILES string of the molecule is CCCNC(c1cccs1)c1cc(Br)ccc1I. The number of hydrogen-bond donors (Lipinski definition) is 1. The number of rotatable bonds is 5. The molecule has 0 radical (unpaired) electrons. The minimum atomic E-state index is 0.300. The molecule has 2 aromatic rings. The molecule has 0 fully saturated rings. The van der Waals surface area contributed by atoms with Gasteiger partial charge in [0.25, 0.3) is 0 Å². The summed E-state index contributed by atoms with van der Waals surface area (Å²) >= 11 is 7.79. The molecule has 1 unspecified atom stereocenters. The molecule has 0 spiro atoms. The molecule has 4 heteroatoms. The summed E-state index contributed by atoms with van der Waals surface area (Å²) in [6, 6.07) is 11.1. The summed E-state index contributed by atoms with van der Waals surface area (Å²) in [5.41, 5.74) is 1.35. The fourth-order valence-corrected chi connectivity index (χ4v) is 3.69. The van der Waals surface area contributed by atoms with E-state index in [4.69, 9.17) is 0 Å². The summed E-state index contributed by atoms with van der Waals surface area (Å²) in [6.07, 6.45) is 1.15. The molecule has 0 saturated carbocycles. The van der Waals surface area contributed by atoms with Crippen molar-refractivity contribution in [3.63, 3.8) is 0 Å². The Kier molecular flexibility index (Phi) is 5.66. The lowest BCUT2D eigenvalue weighted by molar-refractivity contribution is 0.604. The van der Waals surface area contributed by atoms with Crippen molar-refractivity contribution in [2.45, 2.75) is 19.4 Å². The summed E-state index contributed by atoms with van der Waals surface area (Å²) in [5.74, 6) is 0. The molecular weight excluding hydrogens is 421 g/mol. The minimum absolute atomic E-state index is 0.300. The van der Waals surface area contributed by atoms with Gasteiger partial charge in [-0.2, -0.15) is 0 Å². The first kappa shape index (κ1) is 14.5. The van der Waals surface area contributed by atoms with Crippen LogP contribution in [0.25, 0.3) is 0 Å². The Hall–Kier alpha value is 0.0900. The summed E-state index contributed by atoms with van der Waals surface area (Å²) in [7, 11) is 0. The fourth-order valence-electron chi connectivity index (χ4n) is 1.84. The lowest BCUT2D eigenvalue weighted by Crippen LogP contribution is -2.23. The first-order valence-electron chi connectivity index (χ1n) is 5.94. The largest absolute Gasteiger partial charge is 0.306 e. The number of thiophene rings is 1. The first-order valence-corrected chi connectivity index (χ1v) is 8.69. The summed E-state index contributed by atoms with van der Waals surface area (Å²) in [6.45, 7) is 3.23. The molecule has 1 aromatic heterocycles. The third-order valence-electron chi connectivity index (χ3n) is 2.70. The van der Waals surface area contributed by atoms with Crippen LogP contribution in [0, 0.1) is 3.57 Å². The molecule has 1 atom stereocenters. The Morgan fingerprint density at radius 3 is 2.89 bits per heavy atom. The van der Waals surface area contributed by atoms with Crippen molar-refractivity contribution in [3.05, 3.63) is 54.2 Å². The van der Waals surface area contributed by atoms with Gasteiger partial charge in [0.2, 0.25) is 0 Å². The first-order chi connectivity index (χ1) is 8.72. The van der Waals surface area contributed by atoms with Crippen molar-refractivity contribution in [1.82, 2.24) is 5.32 Å². The van der Waals surface area contributed by atoms with Crippen LogP contribution in [0.2, 0.25) is 0 Å². The van der Waals surface area contributed by atoms with E-state index in [1.165, 1.54) is 14.0 Å². The van der Waals surface area contributed by atoms with Crippen molar-refractivity contribution >= 4 is 49.9 Å². The number of hydrogen-bond acceptors (Lipinski definition) is 2. The van der Waals surface area contributed by atoms with Crippen LogP contribution in [0.5, 0.6) is 0 Å². The third kappa shape index (κ3) is 3.56. The molecule has 1 aromatic carbocycles. The normalized spacial score (nSPS) is 12.6. The predicted molar refractivity (Wildman–Crippen MR) is 91.3 cm³/mol. The van der Waals surface area contributed by atoms with Gasteiger partial charge in [0.1, 0.15) is 0 Å². The van der Waals surface area contributed by atoms with Crippen LogP contribution < -0.4 is 5.32 Å². The van der Waals surface area contributed by atoms with E-state index in [9.17, 15) is 0 Å². The fraction of sp³-hybridized carbons (Fsp3) is 0.286. The van der Waals surface area contributed by atoms with E-state index in [2.05, 4.69) is 86.5 Å². The summed E-state index contributed by atoms with van der Waals surface area (Å²) in [4.78, 5) is 1.37. The highest BCUT2D eigenvalue weighted by molar-refractivity contribution is 14.1. The van der Waals surface area contributed by atoms with E-state index >= 15 is 0 Å². The van der Waals surface area contributed by atoms with Gasteiger partial charge in [-0.25, -0.2) is 0 Å². The Bertz CT molecular complexity index is 499. The van der Waals surface area contributed by atoms with Gasteiger partial charge in [0.05, 0.1) is 6.04 Å². The van der Waals surface area contributed by atoms with E-state index < -0.39 is 0 Å². The lowest BCUT2D eigenvalue weighted by atomic mass is 10.1. The maximum atomic E-state index is 3.64. The maximum Gasteiger partial charge on any atom is 0.0681 e. The van der Waals surface area contributed by atoms with E-state index in [-0.39, 0.29) is 0 Å². The van der Waals surface area contributed by atoms with Crippen molar-refractivity contribution in [3.8, 4) is 0 Å². The number of halogens is 2. The molecule has 0 aliphatic rings. The van der Waals surface area contributed by atoms with Gasteiger partial charge in [-0.05, 0) is 70.8 Å². The second-order valence-electron chi connectivity index (χ2n) is 4.07. The second-order valence-corrected chi connectivity index (χ2v) is 7.13. The van der Waals surface area contributed by atoms with Crippen molar-refractivity contribution in [2.75, 3.05) is 6.54 Å². The quantitative estimate of drug-likeness (QED) is 0.636. The molecule has 0 aliphatic carbocycles. The summed E-state index contributed by atoms with van der Waals surface area (Å²) < 4.78 is 2.44. The van der Waals surface area contributed by atoms with Crippen LogP contribution in [-0.4, -0.2) is 6.54 Å². The van der Waals surface area contributed by atoms with E-state index in [1.54, 1.807) is 0 Å². The van der Waals surface area contributed by atoms with Crippen LogP contribution in [-0.2, 0) is 0 Å². The number of benzene rings is 1. The van der Waals surface area contributed by atoms with Crippen LogP contribution in [0.3, 0.4) is 0 Å². The Morgan fingerprint density at radius 2 is 2.22 bits per heavy atom. The van der Waals surface area contributed by atoms with Gasteiger partial charge < -0.3 is 5.32 Å². The average molecular weight is 436 g/mol. The van der Waals surface area contributed by atoms with E-state index in [0.29, 0.717) is 6.04 Å². The second kappa shape index (κ2) is 7.03. The molecule has 1 heterocycles. The van der Waals surface area contributed by atoms with E-state index in [1.807, 2.05) is 11.3 Å². The topological polar surface area (TPSA) is 12.0 Å². The molecule has 1 N–H and O–H groups in total. The molecule has 0 saturated heterocycles. The van der Waals surface area contributed by atoms with Crippen molar-refractivity contribution < 1.29 is 0 Å². The highest BCUT2D eigenvalue weighted by atomic mass is 127. The highest BCUT2D eigenvalue weighted by Crippen LogP contribution is 2.31. The van der Waals surface area contributed by atoms with Gasteiger partial charge in [-0.3, -0.25) is 0 Å². The molecule has 0 aliphatic heterocycles. The Morgan fingerprint density at radius 1 is 1.39 bits per heavy atom. The Balaban J connectivity index is 2.36. The highest BCUT2D eigenvalue weighted by Gasteiger charge is 2.17. The molecule has 1 nitrogen and oxygen atoms in total. The van der Waals surface area contributed by atoms with Crippen LogP contribution in [0.4, 0.5) is 0 Å². The van der Waals surface area contributed by atoms with Gasteiger partial charge in [0, 0.05) is 12.9 Å². The Labute approximate surface area is 134 Å². The monoisotopic (exact) mass is 435 g/mol. The average Bonchev–Trinajstić information content (AvgIpc) is 2.88. The molecule has 96 valence electrons. The van der Waals surface area contributed by atoms with Gasteiger partial charge in [-0.15, -0.1) is 11.3 Å². The standard InChI is InChI=1S/C14H15BrINS/c1-2-7-17-14(13-4-3-8-18-13)11-9-10(15)5-6-12(11)16/h3-6,8-9,14,17H,2,7H2,1H3. The summed E-state index contributed by atoms with van der Waals surface area (Å²) in [5, 5.41) is 5.78.